The van der Waals surface area contributed by atoms with Crippen molar-refractivity contribution in [1.29, 1.82) is 0 Å². The molecule has 6 nitrogen and oxygen atoms in total. The molecule has 134 valence electrons. The summed E-state index contributed by atoms with van der Waals surface area (Å²) in [5.41, 5.74) is 1.96. The van der Waals surface area contributed by atoms with Gasteiger partial charge in [-0.05, 0) is 49.6 Å². The minimum absolute atomic E-state index is 0.0185. The summed E-state index contributed by atoms with van der Waals surface area (Å²) in [6.07, 6.45) is 3.95. The Hall–Kier alpha value is -2.89. The highest BCUT2D eigenvalue weighted by Gasteiger charge is 2.28. The van der Waals surface area contributed by atoms with Gasteiger partial charge in [0.25, 0.3) is 5.91 Å². The number of hydrogen-bond donors (Lipinski definition) is 0. The van der Waals surface area contributed by atoms with Gasteiger partial charge in [-0.25, -0.2) is 0 Å². The van der Waals surface area contributed by atoms with Crippen LogP contribution in [0, 0.1) is 6.92 Å². The van der Waals surface area contributed by atoms with Crippen molar-refractivity contribution in [2.24, 2.45) is 0 Å². The SMILES string of the molecule is Cc1cccc(OCC(=O)N2CCCC(c3nnc4ccccn34)C2)c1. The minimum Gasteiger partial charge on any atom is -0.484 e. The summed E-state index contributed by atoms with van der Waals surface area (Å²) in [6, 6.07) is 13.6. The average molecular weight is 350 g/mol. The zero-order chi connectivity index (χ0) is 17.9. The maximum absolute atomic E-state index is 12.6. The van der Waals surface area contributed by atoms with Gasteiger partial charge in [0, 0.05) is 25.2 Å². The van der Waals surface area contributed by atoms with Gasteiger partial charge < -0.3 is 9.64 Å². The van der Waals surface area contributed by atoms with E-state index in [1.807, 2.05) is 64.9 Å². The summed E-state index contributed by atoms with van der Waals surface area (Å²) in [4.78, 5) is 14.5. The Morgan fingerprint density at radius 3 is 3.04 bits per heavy atom. The molecular formula is C20H22N4O2. The third kappa shape index (κ3) is 3.40. The van der Waals surface area contributed by atoms with Gasteiger partial charge >= 0.3 is 0 Å². The van der Waals surface area contributed by atoms with E-state index in [2.05, 4.69) is 10.2 Å². The molecule has 1 saturated heterocycles. The summed E-state index contributed by atoms with van der Waals surface area (Å²) in [6.45, 7) is 3.50. The molecule has 3 heterocycles. The Labute approximate surface area is 152 Å². The summed E-state index contributed by atoms with van der Waals surface area (Å²) >= 11 is 0. The number of carbonyl (C=O) groups excluding carboxylic acids is 1. The Morgan fingerprint density at radius 2 is 2.15 bits per heavy atom. The molecule has 0 radical (unpaired) electrons. The largest absolute Gasteiger partial charge is 0.484 e. The van der Waals surface area contributed by atoms with Crippen LogP contribution in [0.1, 0.15) is 30.1 Å². The van der Waals surface area contributed by atoms with Crippen LogP contribution >= 0.6 is 0 Å². The van der Waals surface area contributed by atoms with E-state index in [0.29, 0.717) is 6.54 Å². The lowest BCUT2D eigenvalue weighted by Gasteiger charge is -2.31. The molecule has 26 heavy (non-hydrogen) atoms. The van der Waals surface area contributed by atoms with Crippen molar-refractivity contribution in [3.63, 3.8) is 0 Å². The molecule has 1 aromatic carbocycles. The van der Waals surface area contributed by atoms with E-state index in [1.165, 1.54) is 0 Å². The highest BCUT2D eigenvalue weighted by Crippen LogP contribution is 2.26. The molecule has 0 saturated carbocycles. The molecule has 4 rings (SSSR count). The predicted molar refractivity (Wildman–Crippen MR) is 98.2 cm³/mol. The van der Waals surface area contributed by atoms with Crippen molar-refractivity contribution < 1.29 is 9.53 Å². The van der Waals surface area contributed by atoms with Gasteiger partial charge in [0.15, 0.2) is 12.3 Å². The second-order valence-electron chi connectivity index (χ2n) is 6.77. The van der Waals surface area contributed by atoms with Crippen molar-refractivity contribution in [2.75, 3.05) is 19.7 Å². The third-order valence-corrected chi connectivity index (χ3v) is 4.83. The normalized spacial score (nSPS) is 17.4. The zero-order valence-electron chi connectivity index (χ0n) is 14.8. The standard InChI is InChI=1S/C20H22N4O2/c1-15-6-4-8-17(12-15)26-14-19(25)23-10-5-7-16(13-23)20-22-21-18-9-2-3-11-24(18)20/h2-4,6,8-9,11-12,16H,5,7,10,13-14H2,1H3. The molecule has 1 atom stereocenters. The first kappa shape index (κ1) is 16.6. The van der Waals surface area contributed by atoms with E-state index in [4.69, 9.17) is 4.74 Å². The number of aryl methyl sites for hydroxylation is 1. The molecule has 0 aliphatic carbocycles. The topological polar surface area (TPSA) is 59.7 Å². The number of benzene rings is 1. The molecule has 3 aromatic rings. The van der Waals surface area contributed by atoms with Gasteiger partial charge in [-0.3, -0.25) is 9.20 Å². The fraction of sp³-hybridized carbons (Fsp3) is 0.350. The minimum atomic E-state index is 0.0185. The average Bonchev–Trinajstić information content (AvgIpc) is 3.10. The van der Waals surface area contributed by atoms with E-state index >= 15 is 0 Å². The first-order valence-electron chi connectivity index (χ1n) is 8.97. The summed E-state index contributed by atoms with van der Waals surface area (Å²) in [5.74, 6) is 1.88. The van der Waals surface area contributed by atoms with Gasteiger partial charge in [-0.1, -0.05) is 18.2 Å². The summed E-state index contributed by atoms with van der Waals surface area (Å²) < 4.78 is 7.69. The van der Waals surface area contributed by atoms with Crippen LogP contribution in [-0.2, 0) is 4.79 Å². The molecule has 1 aliphatic rings. The van der Waals surface area contributed by atoms with Crippen molar-refractivity contribution >= 4 is 11.6 Å². The Balaban J connectivity index is 1.42. The first-order chi connectivity index (χ1) is 12.7. The van der Waals surface area contributed by atoms with Crippen LogP contribution < -0.4 is 4.74 Å². The highest BCUT2D eigenvalue weighted by molar-refractivity contribution is 5.78. The fourth-order valence-corrected chi connectivity index (χ4v) is 3.49. The number of hydrogen-bond acceptors (Lipinski definition) is 4. The maximum Gasteiger partial charge on any atom is 0.260 e. The van der Waals surface area contributed by atoms with Crippen LogP contribution in [-0.4, -0.2) is 45.1 Å². The number of aromatic nitrogens is 3. The van der Waals surface area contributed by atoms with Crippen molar-refractivity contribution in [2.45, 2.75) is 25.7 Å². The second-order valence-corrected chi connectivity index (χ2v) is 6.77. The number of nitrogens with zero attached hydrogens (tertiary/aromatic N) is 4. The number of ether oxygens (including phenoxy) is 1. The van der Waals surface area contributed by atoms with Crippen molar-refractivity contribution in [1.82, 2.24) is 19.5 Å². The van der Waals surface area contributed by atoms with Crippen LogP contribution in [0.5, 0.6) is 5.75 Å². The third-order valence-electron chi connectivity index (χ3n) is 4.83. The lowest BCUT2D eigenvalue weighted by Crippen LogP contribution is -2.42. The number of carbonyl (C=O) groups is 1. The van der Waals surface area contributed by atoms with Crippen LogP contribution in [0.25, 0.3) is 5.65 Å². The molecular weight excluding hydrogens is 328 g/mol. The smallest absolute Gasteiger partial charge is 0.260 e. The summed E-state index contributed by atoms with van der Waals surface area (Å²) in [5, 5.41) is 8.59. The lowest BCUT2D eigenvalue weighted by atomic mass is 9.97. The Bertz CT molecular complexity index is 921. The predicted octanol–water partition coefficient (Wildman–Crippen LogP) is 2.82. The molecule has 0 N–H and O–H groups in total. The van der Waals surface area contributed by atoms with Crippen LogP contribution in [0.15, 0.2) is 48.7 Å². The van der Waals surface area contributed by atoms with E-state index in [1.54, 1.807) is 0 Å². The number of likely N-dealkylation sites (tertiary alicyclic amines) is 1. The number of fused-ring (bicyclic) bond motifs is 1. The first-order valence-corrected chi connectivity index (χ1v) is 8.97. The molecule has 1 amide bonds. The molecule has 1 unspecified atom stereocenters. The number of amides is 1. The van der Waals surface area contributed by atoms with E-state index in [0.717, 1.165) is 42.2 Å². The van der Waals surface area contributed by atoms with Gasteiger partial charge in [0.05, 0.1) is 0 Å². The van der Waals surface area contributed by atoms with Crippen molar-refractivity contribution in [3.05, 3.63) is 60.0 Å². The van der Waals surface area contributed by atoms with E-state index in [9.17, 15) is 4.79 Å². The van der Waals surface area contributed by atoms with Gasteiger partial charge in [-0.2, -0.15) is 0 Å². The van der Waals surface area contributed by atoms with Crippen molar-refractivity contribution in [3.8, 4) is 5.75 Å². The molecule has 2 aromatic heterocycles. The Morgan fingerprint density at radius 1 is 1.23 bits per heavy atom. The number of rotatable bonds is 4. The molecule has 6 heteroatoms. The van der Waals surface area contributed by atoms with Gasteiger partial charge in [-0.15, -0.1) is 10.2 Å². The quantitative estimate of drug-likeness (QED) is 0.726. The molecule has 1 aliphatic heterocycles. The van der Waals surface area contributed by atoms with E-state index in [-0.39, 0.29) is 18.4 Å². The summed E-state index contributed by atoms with van der Waals surface area (Å²) in [7, 11) is 0. The molecule has 1 fully saturated rings. The van der Waals surface area contributed by atoms with Gasteiger partial charge in [0.1, 0.15) is 11.6 Å². The lowest BCUT2D eigenvalue weighted by molar-refractivity contribution is -0.134. The van der Waals surface area contributed by atoms with Crippen LogP contribution in [0.4, 0.5) is 0 Å². The molecule has 0 spiro atoms. The Kier molecular flexibility index (Phi) is 4.56. The van der Waals surface area contributed by atoms with E-state index < -0.39 is 0 Å². The fourth-order valence-electron chi connectivity index (χ4n) is 3.49. The highest BCUT2D eigenvalue weighted by atomic mass is 16.5. The number of piperidine rings is 1. The zero-order valence-corrected chi connectivity index (χ0v) is 14.8. The molecule has 0 bridgehead atoms. The monoisotopic (exact) mass is 350 g/mol. The number of pyridine rings is 1. The van der Waals surface area contributed by atoms with Crippen LogP contribution in [0.2, 0.25) is 0 Å². The maximum atomic E-state index is 12.6. The van der Waals surface area contributed by atoms with Crippen LogP contribution in [0.3, 0.4) is 0 Å². The second kappa shape index (κ2) is 7.15. The van der Waals surface area contributed by atoms with Gasteiger partial charge in [0.2, 0.25) is 0 Å².